The summed E-state index contributed by atoms with van der Waals surface area (Å²) < 4.78 is 0. The van der Waals surface area contributed by atoms with Crippen LogP contribution >= 0.6 is 0 Å². The third kappa shape index (κ3) is 3.69. The molecule has 1 aromatic rings. The number of urea groups is 1. The van der Waals surface area contributed by atoms with Crippen LogP contribution in [0.15, 0.2) is 24.3 Å². The van der Waals surface area contributed by atoms with Crippen LogP contribution in [0.1, 0.15) is 19.8 Å². The quantitative estimate of drug-likeness (QED) is 0.892. The molecule has 6 heteroatoms. The van der Waals surface area contributed by atoms with E-state index in [0.29, 0.717) is 6.04 Å². The highest BCUT2D eigenvalue weighted by atomic mass is 16.2. The van der Waals surface area contributed by atoms with Crippen LogP contribution in [0.2, 0.25) is 0 Å². The number of piperazine rings is 1. The number of hydrogen-bond acceptors (Lipinski definition) is 3. The number of carbonyl (C=O) groups is 2. The molecular weight excluding hydrogens is 280 g/mol. The Bertz CT molecular complexity index is 546. The van der Waals surface area contributed by atoms with Crippen molar-refractivity contribution in [3.05, 3.63) is 24.3 Å². The van der Waals surface area contributed by atoms with E-state index in [-0.39, 0.29) is 11.9 Å². The molecule has 3 amide bonds. The highest BCUT2D eigenvalue weighted by Crippen LogP contribution is 2.21. The minimum atomic E-state index is -0.134. The van der Waals surface area contributed by atoms with Crippen molar-refractivity contribution in [2.75, 3.05) is 36.4 Å². The SMILES string of the molecule is CC(=O)N1CCN(c2ccc(NC(=O)NC3CC3)cc2)CC1. The molecule has 1 aliphatic heterocycles. The van der Waals surface area contributed by atoms with Gasteiger partial charge in [-0.25, -0.2) is 4.79 Å². The molecule has 1 saturated carbocycles. The van der Waals surface area contributed by atoms with Gasteiger partial charge in [-0.3, -0.25) is 4.79 Å². The number of amides is 3. The number of carbonyl (C=O) groups excluding carboxylic acids is 2. The average Bonchev–Trinajstić information content (AvgIpc) is 3.32. The Balaban J connectivity index is 1.53. The minimum absolute atomic E-state index is 0.134. The molecule has 2 aliphatic rings. The van der Waals surface area contributed by atoms with Gasteiger partial charge in [0.15, 0.2) is 0 Å². The van der Waals surface area contributed by atoms with Crippen molar-refractivity contribution in [2.45, 2.75) is 25.8 Å². The van der Waals surface area contributed by atoms with Crippen LogP contribution in [0, 0.1) is 0 Å². The Hall–Kier alpha value is -2.24. The van der Waals surface area contributed by atoms with E-state index in [0.717, 1.165) is 50.4 Å². The van der Waals surface area contributed by atoms with Crippen molar-refractivity contribution in [3.8, 4) is 0 Å². The molecule has 1 aliphatic carbocycles. The monoisotopic (exact) mass is 302 g/mol. The van der Waals surface area contributed by atoms with Crippen molar-refractivity contribution >= 4 is 23.3 Å². The Kier molecular flexibility index (Phi) is 4.18. The molecule has 3 rings (SSSR count). The van der Waals surface area contributed by atoms with E-state index in [9.17, 15) is 9.59 Å². The minimum Gasteiger partial charge on any atom is -0.368 e. The summed E-state index contributed by atoms with van der Waals surface area (Å²) in [7, 11) is 0. The van der Waals surface area contributed by atoms with E-state index in [1.54, 1.807) is 6.92 Å². The summed E-state index contributed by atoms with van der Waals surface area (Å²) in [6.45, 7) is 4.82. The molecule has 0 spiro atoms. The standard InChI is InChI=1S/C16H22N4O2/c1-12(21)19-8-10-20(11-9-19)15-6-4-14(5-7-15)18-16(22)17-13-2-3-13/h4-7,13H,2-3,8-11H2,1H3,(H2,17,18,22). The summed E-state index contributed by atoms with van der Waals surface area (Å²) >= 11 is 0. The van der Waals surface area contributed by atoms with Gasteiger partial charge < -0.3 is 20.4 Å². The van der Waals surface area contributed by atoms with E-state index >= 15 is 0 Å². The lowest BCUT2D eigenvalue weighted by molar-refractivity contribution is -0.129. The van der Waals surface area contributed by atoms with E-state index in [2.05, 4.69) is 15.5 Å². The summed E-state index contributed by atoms with van der Waals surface area (Å²) in [6, 6.07) is 8.08. The van der Waals surface area contributed by atoms with Crippen molar-refractivity contribution in [1.29, 1.82) is 0 Å². The molecule has 2 N–H and O–H groups in total. The first-order valence-electron chi connectivity index (χ1n) is 7.80. The predicted octanol–water partition coefficient (Wildman–Crippen LogP) is 1.64. The van der Waals surface area contributed by atoms with Crippen LogP contribution in [-0.2, 0) is 4.79 Å². The fourth-order valence-electron chi connectivity index (χ4n) is 2.62. The number of benzene rings is 1. The molecule has 118 valence electrons. The van der Waals surface area contributed by atoms with Gasteiger partial charge in [-0.05, 0) is 37.1 Å². The first kappa shape index (κ1) is 14.7. The number of rotatable bonds is 3. The molecule has 0 unspecified atom stereocenters. The zero-order valence-corrected chi connectivity index (χ0v) is 12.8. The Morgan fingerprint density at radius 1 is 1.05 bits per heavy atom. The zero-order chi connectivity index (χ0) is 15.5. The average molecular weight is 302 g/mol. The predicted molar refractivity (Wildman–Crippen MR) is 86.1 cm³/mol. The normalized spacial score (nSPS) is 18.0. The van der Waals surface area contributed by atoms with Gasteiger partial charge in [-0.15, -0.1) is 0 Å². The van der Waals surface area contributed by atoms with Crippen molar-refractivity contribution in [1.82, 2.24) is 10.2 Å². The van der Waals surface area contributed by atoms with Gasteiger partial charge in [0.2, 0.25) is 5.91 Å². The summed E-state index contributed by atoms with van der Waals surface area (Å²) in [6.07, 6.45) is 2.16. The molecular formula is C16H22N4O2. The Morgan fingerprint density at radius 3 is 2.23 bits per heavy atom. The maximum atomic E-state index is 11.7. The summed E-state index contributed by atoms with van der Waals surface area (Å²) in [5.41, 5.74) is 1.92. The zero-order valence-electron chi connectivity index (χ0n) is 12.8. The maximum absolute atomic E-state index is 11.7. The fourth-order valence-corrected chi connectivity index (χ4v) is 2.62. The maximum Gasteiger partial charge on any atom is 0.319 e. The lowest BCUT2D eigenvalue weighted by Crippen LogP contribution is -2.48. The van der Waals surface area contributed by atoms with Crippen LogP contribution in [0.4, 0.5) is 16.2 Å². The summed E-state index contributed by atoms with van der Waals surface area (Å²) in [5.74, 6) is 0.140. The second-order valence-electron chi connectivity index (χ2n) is 5.91. The lowest BCUT2D eigenvalue weighted by Gasteiger charge is -2.35. The van der Waals surface area contributed by atoms with Gasteiger partial charge in [0.25, 0.3) is 0 Å². The Morgan fingerprint density at radius 2 is 1.68 bits per heavy atom. The van der Waals surface area contributed by atoms with Gasteiger partial charge in [0.05, 0.1) is 0 Å². The van der Waals surface area contributed by atoms with Gasteiger partial charge in [0.1, 0.15) is 0 Å². The molecule has 1 heterocycles. The molecule has 1 saturated heterocycles. The fraction of sp³-hybridized carbons (Fsp3) is 0.500. The molecule has 0 bridgehead atoms. The molecule has 0 radical (unpaired) electrons. The molecule has 1 aromatic carbocycles. The summed E-state index contributed by atoms with van der Waals surface area (Å²) in [5, 5.41) is 5.74. The highest BCUT2D eigenvalue weighted by molar-refractivity contribution is 5.89. The van der Waals surface area contributed by atoms with Crippen LogP contribution in [0.5, 0.6) is 0 Å². The molecule has 0 aromatic heterocycles. The smallest absolute Gasteiger partial charge is 0.319 e. The molecule has 2 fully saturated rings. The Labute approximate surface area is 130 Å². The van der Waals surface area contributed by atoms with E-state index in [1.165, 1.54) is 0 Å². The van der Waals surface area contributed by atoms with E-state index in [1.807, 2.05) is 29.2 Å². The van der Waals surface area contributed by atoms with Gasteiger partial charge in [0, 0.05) is 50.5 Å². The van der Waals surface area contributed by atoms with Crippen LogP contribution in [0.25, 0.3) is 0 Å². The van der Waals surface area contributed by atoms with Crippen LogP contribution < -0.4 is 15.5 Å². The van der Waals surface area contributed by atoms with Crippen molar-refractivity contribution < 1.29 is 9.59 Å². The number of anilines is 2. The van der Waals surface area contributed by atoms with Gasteiger partial charge in [-0.1, -0.05) is 0 Å². The first-order valence-corrected chi connectivity index (χ1v) is 7.80. The molecule has 0 atom stereocenters. The van der Waals surface area contributed by atoms with Crippen molar-refractivity contribution in [3.63, 3.8) is 0 Å². The number of nitrogens with one attached hydrogen (secondary N) is 2. The molecule has 6 nitrogen and oxygen atoms in total. The summed E-state index contributed by atoms with van der Waals surface area (Å²) in [4.78, 5) is 27.1. The van der Waals surface area contributed by atoms with Gasteiger partial charge in [-0.2, -0.15) is 0 Å². The number of hydrogen-bond donors (Lipinski definition) is 2. The third-order valence-corrected chi connectivity index (χ3v) is 4.13. The second-order valence-corrected chi connectivity index (χ2v) is 5.91. The second kappa shape index (κ2) is 6.25. The van der Waals surface area contributed by atoms with E-state index < -0.39 is 0 Å². The first-order chi connectivity index (χ1) is 10.6. The topological polar surface area (TPSA) is 64.7 Å². The largest absolute Gasteiger partial charge is 0.368 e. The van der Waals surface area contributed by atoms with Crippen molar-refractivity contribution in [2.24, 2.45) is 0 Å². The third-order valence-electron chi connectivity index (χ3n) is 4.13. The molecule has 22 heavy (non-hydrogen) atoms. The van der Waals surface area contributed by atoms with Crippen LogP contribution in [-0.4, -0.2) is 49.1 Å². The van der Waals surface area contributed by atoms with E-state index in [4.69, 9.17) is 0 Å². The van der Waals surface area contributed by atoms with Gasteiger partial charge >= 0.3 is 6.03 Å². The lowest BCUT2D eigenvalue weighted by atomic mass is 10.2. The highest BCUT2D eigenvalue weighted by Gasteiger charge is 2.23. The number of nitrogens with zero attached hydrogens (tertiary/aromatic N) is 2. The van der Waals surface area contributed by atoms with Crippen LogP contribution in [0.3, 0.4) is 0 Å².